The first kappa shape index (κ1) is 20.3. The summed E-state index contributed by atoms with van der Waals surface area (Å²) in [6.07, 6.45) is 0.271. The third-order valence-corrected chi connectivity index (χ3v) is 7.92. The van der Waals surface area contributed by atoms with E-state index >= 15 is 0 Å². The van der Waals surface area contributed by atoms with Crippen LogP contribution in [0.4, 0.5) is 0 Å². The van der Waals surface area contributed by atoms with Crippen LogP contribution in [-0.2, 0) is 14.6 Å². The zero-order chi connectivity index (χ0) is 21.5. The van der Waals surface area contributed by atoms with Crippen LogP contribution in [0.15, 0.2) is 54.6 Å². The number of rotatable bonds is 3. The molecule has 3 amide bonds. The van der Waals surface area contributed by atoms with Crippen molar-refractivity contribution >= 4 is 27.6 Å². The van der Waals surface area contributed by atoms with Crippen LogP contribution in [0.1, 0.15) is 44.9 Å². The normalized spacial score (nSPS) is 21.8. The number of fused-ring (bicyclic) bond motifs is 1. The van der Waals surface area contributed by atoms with Crippen molar-refractivity contribution in [2.24, 2.45) is 0 Å². The predicted molar refractivity (Wildman–Crippen MR) is 111 cm³/mol. The SMILES string of the molecule is CC(C(=O)N1CCC(c2ccccc2)S(=O)(=O)CC1)N1C(=O)c2ccccc2C1=O. The van der Waals surface area contributed by atoms with Gasteiger partial charge >= 0.3 is 0 Å². The Morgan fingerprint density at radius 3 is 2.10 bits per heavy atom. The van der Waals surface area contributed by atoms with Gasteiger partial charge in [0.1, 0.15) is 6.04 Å². The second kappa shape index (κ2) is 7.68. The Morgan fingerprint density at radius 2 is 1.50 bits per heavy atom. The zero-order valence-electron chi connectivity index (χ0n) is 16.5. The lowest BCUT2D eigenvalue weighted by Crippen LogP contribution is -2.50. The van der Waals surface area contributed by atoms with Crippen LogP contribution < -0.4 is 0 Å². The number of carbonyl (C=O) groups excluding carboxylic acids is 3. The summed E-state index contributed by atoms with van der Waals surface area (Å²) in [6, 6.07) is 14.4. The fraction of sp³-hybridized carbons (Fsp3) is 0.318. The molecule has 1 saturated heterocycles. The Kier molecular flexibility index (Phi) is 5.19. The monoisotopic (exact) mass is 426 g/mol. The van der Waals surface area contributed by atoms with Crippen LogP contribution in [0.25, 0.3) is 0 Å². The maximum atomic E-state index is 13.1. The van der Waals surface area contributed by atoms with Gasteiger partial charge in [-0.1, -0.05) is 42.5 Å². The van der Waals surface area contributed by atoms with E-state index < -0.39 is 38.9 Å². The molecule has 1 fully saturated rings. The Hall–Kier alpha value is -3.00. The van der Waals surface area contributed by atoms with Crippen molar-refractivity contribution in [1.29, 1.82) is 0 Å². The molecular formula is C22H22N2O5S. The maximum Gasteiger partial charge on any atom is 0.262 e. The largest absolute Gasteiger partial charge is 0.340 e. The van der Waals surface area contributed by atoms with Crippen LogP contribution in [0.3, 0.4) is 0 Å². The van der Waals surface area contributed by atoms with E-state index in [0.717, 1.165) is 4.90 Å². The van der Waals surface area contributed by atoms with E-state index in [4.69, 9.17) is 0 Å². The minimum absolute atomic E-state index is 0.0397. The molecule has 2 aliphatic heterocycles. The van der Waals surface area contributed by atoms with Gasteiger partial charge in [0.2, 0.25) is 5.91 Å². The fourth-order valence-electron chi connectivity index (χ4n) is 4.14. The third-order valence-electron chi connectivity index (χ3n) is 5.79. The first-order chi connectivity index (χ1) is 14.3. The van der Waals surface area contributed by atoms with Crippen LogP contribution in [0, 0.1) is 0 Å². The maximum absolute atomic E-state index is 13.1. The van der Waals surface area contributed by atoms with Crippen molar-refractivity contribution in [1.82, 2.24) is 9.80 Å². The summed E-state index contributed by atoms with van der Waals surface area (Å²) >= 11 is 0. The highest BCUT2D eigenvalue weighted by Crippen LogP contribution is 2.30. The number of hydrogen-bond acceptors (Lipinski definition) is 5. The predicted octanol–water partition coefficient (Wildman–Crippen LogP) is 2.06. The molecule has 156 valence electrons. The molecule has 2 aromatic carbocycles. The Morgan fingerprint density at radius 1 is 0.933 bits per heavy atom. The molecule has 2 atom stereocenters. The lowest BCUT2D eigenvalue weighted by Gasteiger charge is -2.28. The molecule has 0 bridgehead atoms. The molecule has 2 unspecified atom stereocenters. The average molecular weight is 426 g/mol. The summed E-state index contributed by atoms with van der Waals surface area (Å²) in [5.74, 6) is -1.58. The molecule has 0 radical (unpaired) electrons. The molecule has 4 rings (SSSR count). The van der Waals surface area contributed by atoms with E-state index in [0.29, 0.717) is 5.56 Å². The summed E-state index contributed by atoms with van der Waals surface area (Å²) in [7, 11) is -3.43. The van der Waals surface area contributed by atoms with Crippen molar-refractivity contribution in [2.45, 2.75) is 24.6 Å². The summed E-state index contributed by atoms with van der Waals surface area (Å²) in [5.41, 5.74) is 1.27. The molecule has 30 heavy (non-hydrogen) atoms. The van der Waals surface area contributed by atoms with Crippen molar-refractivity contribution in [3.8, 4) is 0 Å². The van der Waals surface area contributed by atoms with Gasteiger partial charge in [0.05, 0.1) is 22.1 Å². The second-order valence-electron chi connectivity index (χ2n) is 7.58. The first-order valence-corrected chi connectivity index (χ1v) is 11.5. The van der Waals surface area contributed by atoms with Crippen molar-refractivity contribution in [2.75, 3.05) is 18.8 Å². The fourth-order valence-corrected chi connectivity index (χ4v) is 5.94. The third kappa shape index (κ3) is 3.41. The number of imide groups is 1. The Balaban J connectivity index is 1.53. The molecule has 8 heteroatoms. The number of carbonyl (C=O) groups is 3. The molecule has 0 aliphatic carbocycles. The highest BCUT2D eigenvalue weighted by Gasteiger charge is 2.42. The molecule has 2 aromatic rings. The standard InChI is InChI=1S/C22H22N2O5S/c1-15(24-21(26)17-9-5-6-10-18(17)22(24)27)20(25)23-12-11-19(30(28,29)14-13-23)16-7-3-2-4-8-16/h2-10,15,19H,11-14H2,1H3. The zero-order valence-corrected chi connectivity index (χ0v) is 17.3. The molecule has 2 heterocycles. The van der Waals surface area contributed by atoms with Gasteiger partial charge in [-0.2, -0.15) is 0 Å². The molecule has 7 nitrogen and oxygen atoms in total. The highest BCUT2D eigenvalue weighted by atomic mass is 32.2. The lowest BCUT2D eigenvalue weighted by molar-refractivity contribution is -0.134. The minimum Gasteiger partial charge on any atom is -0.340 e. The van der Waals surface area contributed by atoms with E-state index in [9.17, 15) is 22.8 Å². The van der Waals surface area contributed by atoms with Crippen molar-refractivity contribution in [3.05, 3.63) is 71.3 Å². The summed E-state index contributed by atoms with van der Waals surface area (Å²) in [6.45, 7) is 1.79. The second-order valence-corrected chi connectivity index (χ2v) is 9.89. The van der Waals surface area contributed by atoms with Gasteiger partial charge < -0.3 is 4.90 Å². The van der Waals surface area contributed by atoms with Crippen LogP contribution >= 0.6 is 0 Å². The van der Waals surface area contributed by atoms with Gasteiger partial charge in [0, 0.05) is 13.1 Å². The molecule has 0 spiro atoms. The molecular weight excluding hydrogens is 404 g/mol. The van der Waals surface area contributed by atoms with E-state index in [2.05, 4.69) is 0 Å². The van der Waals surface area contributed by atoms with Crippen molar-refractivity contribution in [3.63, 3.8) is 0 Å². The molecule has 0 aromatic heterocycles. The van der Waals surface area contributed by atoms with Crippen molar-refractivity contribution < 1.29 is 22.8 Å². The summed E-state index contributed by atoms with van der Waals surface area (Å²) in [4.78, 5) is 40.9. The van der Waals surface area contributed by atoms with Gasteiger partial charge in [0.15, 0.2) is 9.84 Å². The Labute approximate surface area is 175 Å². The molecule has 0 saturated carbocycles. The molecule has 2 aliphatic rings. The van der Waals surface area contributed by atoms with Gasteiger partial charge in [-0.15, -0.1) is 0 Å². The summed E-state index contributed by atoms with van der Waals surface area (Å²) < 4.78 is 25.6. The smallest absolute Gasteiger partial charge is 0.262 e. The number of sulfone groups is 1. The van der Waals surface area contributed by atoms with Gasteiger partial charge in [-0.25, -0.2) is 8.42 Å². The average Bonchev–Trinajstić information content (AvgIpc) is 2.89. The molecule has 0 N–H and O–H groups in total. The van der Waals surface area contributed by atoms with E-state index in [1.165, 1.54) is 11.8 Å². The quantitative estimate of drug-likeness (QED) is 0.701. The summed E-state index contributed by atoms with van der Waals surface area (Å²) in [5, 5.41) is -0.675. The Bertz CT molecular complexity index is 1080. The van der Waals surface area contributed by atoms with Gasteiger partial charge in [-0.3, -0.25) is 19.3 Å². The highest BCUT2D eigenvalue weighted by molar-refractivity contribution is 7.91. The number of hydrogen-bond donors (Lipinski definition) is 0. The van der Waals surface area contributed by atoms with E-state index in [1.54, 1.807) is 48.5 Å². The van der Waals surface area contributed by atoms with Gasteiger partial charge in [0.25, 0.3) is 11.8 Å². The van der Waals surface area contributed by atoms with Crippen LogP contribution in [0.2, 0.25) is 0 Å². The van der Waals surface area contributed by atoms with Crippen LogP contribution in [0.5, 0.6) is 0 Å². The topological polar surface area (TPSA) is 91.8 Å². The number of benzene rings is 2. The number of nitrogens with zero attached hydrogens (tertiary/aromatic N) is 2. The van der Waals surface area contributed by atoms with Crippen LogP contribution in [-0.4, -0.2) is 60.8 Å². The lowest BCUT2D eigenvalue weighted by atomic mass is 10.1. The van der Waals surface area contributed by atoms with Gasteiger partial charge in [-0.05, 0) is 31.0 Å². The van der Waals surface area contributed by atoms with E-state index in [-0.39, 0.29) is 36.4 Å². The first-order valence-electron chi connectivity index (χ1n) is 9.83. The number of amides is 3. The van der Waals surface area contributed by atoms with E-state index in [1.807, 2.05) is 6.07 Å². The minimum atomic E-state index is -3.43.